The summed E-state index contributed by atoms with van der Waals surface area (Å²) in [5.41, 5.74) is 2.02. The van der Waals surface area contributed by atoms with Crippen molar-refractivity contribution in [2.24, 2.45) is 10.8 Å². The number of rotatable bonds is 18. The minimum atomic E-state index is -5.02. The lowest BCUT2D eigenvalue weighted by atomic mass is 9.82. The van der Waals surface area contributed by atoms with Gasteiger partial charge in [0.25, 0.3) is 5.91 Å². The fraction of sp³-hybridized carbons (Fsp3) is 0.500. The molecule has 4 amide bonds. The van der Waals surface area contributed by atoms with Crippen LogP contribution in [0.25, 0.3) is 11.1 Å². The lowest BCUT2D eigenvalue weighted by Crippen LogP contribution is -2.63. The fourth-order valence-corrected chi connectivity index (χ4v) is 9.49. The molecule has 0 aliphatic carbocycles. The summed E-state index contributed by atoms with van der Waals surface area (Å²) in [5.74, 6) is 4.99. The van der Waals surface area contributed by atoms with Crippen LogP contribution in [0.4, 0.5) is 37.4 Å². The Morgan fingerprint density at radius 2 is 1.44 bits per heavy atom. The monoisotopic (exact) mass is 1050 g/mol. The molecule has 0 radical (unpaired) electrons. The second-order valence-electron chi connectivity index (χ2n) is 20.7. The first kappa shape index (κ1) is 55.9. The van der Waals surface area contributed by atoms with E-state index in [-0.39, 0.29) is 13.0 Å². The number of nitrogens with one attached hydrogen (secondary N) is 4. The molecule has 3 fully saturated rings. The van der Waals surface area contributed by atoms with Crippen LogP contribution in [0.15, 0.2) is 79.3 Å². The lowest BCUT2D eigenvalue weighted by molar-refractivity contribution is -0.220. The second kappa shape index (κ2) is 23.3. The van der Waals surface area contributed by atoms with E-state index in [4.69, 9.17) is 9.72 Å². The Labute approximate surface area is 431 Å². The van der Waals surface area contributed by atoms with Gasteiger partial charge in [0.15, 0.2) is 0 Å². The third-order valence-electron chi connectivity index (χ3n) is 13.9. The molecular weight excluding hydrogens is 988 g/mol. The predicted octanol–water partition coefficient (Wildman–Crippen LogP) is 5.71. The number of hydrazine groups is 1. The number of piperazine rings is 1. The number of nitrogens with zero attached hydrogens (tertiary/aromatic N) is 6. The van der Waals surface area contributed by atoms with Gasteiger partial charge in [0.05, 0.1) is 50.1 Å². The maximum atomic E-state index is 14.5. The summed E-state index contributed by atoms with van der Waals surface area (Å²) in [5, 5.41) is 33.4. The largest absolute Gasteiger partial charge is 0.465 e. The minimum absolute atomic E-state index is 0.169. The van der Waals surface area contributed by atoms with Crippen LogP contribution < -0.4 is 26.3 Å². The molecule has 3 aliphatic rings. The minimum Gasteiger partial charge on any atom is -0.465 e. The molecule has 0 spiro atoms. The maximum absolute atomic E-state index is 14.5. The predicted molar refractivity (Wildman–Crippen MR) is 265 cm³/mol. The SMILES string of the molecule is COC(=O)N[C@H](C(=O)N[C@@H](Cc1ccc(C#Cc2ccc(N3CC4CCC(C3)N4C3COC3)nc2)cc1)[C@@H](O)CN(Cc1ccc(-c2cnn(C(F)F)c2)cc1)NC(=O)[C@@H](NC(=O)O)C(C)(C)C)C(C)(C)C(F)(F)F. The van der Waals surface area contributed by atoms with E-state index >= 15 is 0 Å². The number of halogens is 5. The van der Waals surface area contributed by atoms with Gasteiger partial charge in [-0.1, -0.05) is 69.0 Å². The van der Waals surface area contributed by atoms with Crippen LogP contribution in [0.2, 0.25) is 0 Å². The summed E-state index contributed by atoms with van der Waals surface area (Å²) in [6, 6.07) is 13.5. The van der Waals surface area contributed by atoms with E-state index in [1.807, 2.05) is 17.4 Å². The molecule has 2 aromatic carbocycles. The highest BCUT2D eigenvalue weighted by atomic mass is 19.4. The molecule has 2 bridgehead atoms. The van der Waals surface area contributed by atoms with E-state index in [1.54, 1.807) is 75.5 Å². The number of methoxy groups -OCH3 is 1. The average molecular weight is 1050 g/mol. The number of anilines is 1. The highest BCUT2D eigenvalue weighted by molar-refractivity contribution is 5.87. The molecule has 75 heavy (non-hydrogen) atoms. The number of carbonyl (C=O) groups excluding carboxylic acids is 3. The van der Waals surface area contributed by atoms with Gasteiger partial charge < -0.3 is 40.5 Å². The van der Waals surface area contributed by atoms with Gasteiger partial charge in [0.2, 0.25) is 5.91 Å². The summed E-state index contributed by atoms with van der Waals surface area (Å²) in [4.78, 5) is 61.9. The first-order valence-electron chi connectivity index (χ1n) is 24.4. The van der Waals surface area contributed by atoms with Crippen molar-refractivity contribution in [3.05, 3.63) is 102 Å². The number of carboxylic acid groups (broad SMARTS) is 1. The molecule has 6 N–H and O–H groups in total. The van der Waals surface area contributed by atoms with E-state index in [1.165, 1.54) is 11.2 Å². The Morgan fingerprint density at radius 1 is 0.813 bits per heavy atom. The summed E-state index contributed by atoms with van der Waals surface area (Å²) >= 11 is 0. The quantitative estimate of drug-likeness (QED) is 0.0401. The molecule has 2 aromatic heterocycles. The zero-order valence-corrected chi connectivity index (χ0v) is 42.4. The molecule has 0 saturated carbocycles. The van der Waals surface area contributed by atoms with E-state index in [0.29, 0.717) is 56.2 Å². The van der Waals surface area contributed by atoms with Crippen LogP contribution in [0.1, 0.15) is 76.3 Å². The average Bonchev–Trinajstić information content (AvgIpc) is 3.92. The first-order chi connectivity index (χ1) is 35.4. The summed E-state index contributed by atoms with van der Waals surface area (Å²) in [6.45, 7) is 6.16. The molecule has 4 aromatic rings. The zero-order chi connectivity index (χ0) is 54.4. The van der Waals surface area contributed by atoms with Gasteiger partial charge in [-0.2, -0.15) is 27.1 Å². The molecule has 23 heteroatoms. The Kier molecular flexibility index (Phi) is 17.4. The van der Waals surface area contributed by atoms with E-state index in [0.717, 1.165) is 72.1 Å². The van der Waals surface area contributed by atoms with Crippen LogP contribution in [0.3, 0.4) is 0 Å². The third-order valence-corrected chi connectivity index (χ3v) is 13.9. The number of alkyl halides is 5. The van der Waals surface area contributed by atoms with Crippen molar-refractivity contribution < 1.29 is 60.8 Å². The van der Waals surface area contributed by atoms with Gasteiger partial charge in [-0.05, 0) is 79.5 Å². The van der Waals surface area contributed by atoms with Crippen LogP contribution >= 0.6 is 0 Å². The van der Waals surface area contributed by atoms with Gasteiger partial charge in [-0.3, -0.25) is 19.9 Å². The summed E-state index contributed by atoms with van der Waals surface area (Å²) in [7, 11) is 0.921. The number of aliphatic hydroxyl groups excluding tert-OH is 1. The molecule has 7 rings (SSSR count). The normalized spacial score (nSPS) is 18.8. The third kappa shape index (κ3) is 13.9. The number of aromatic nitrogens is 3. The Morgan fingerprint density at radius 3 is 1.97 bits per heavy atom. The van der Waals surface area contributed by atoms with Gasteiger partial charge in [-0.15, -0.1) is 0 Å². The number of carbonyl (C=O) groups is 4. The van der Waals surface area contributed by atoms with Crippen molar-refractivity contribution in [1.29, 1.82) is 0 Å². The molecule has 6 atom stereocenters. The van der Waals surface area contributed by atoms with Crippen LogP contribution in [-0.2, 0) is 32.0 Å². The standard InChI is InChI=1S/C52H63F5N10O8/c1-50(2,3)43(61-48(71)72)46(70)63-65(24-34-13-16-35(17-14-34)36-23-59-66(25-36)47(53)54)28-41(68)40(60-45(69)44(62-49(73)74-6)51(4,5)52(55,56)57)21-32-10-7-31(8-11-32)9-12-33-15-20-42(58-22-33)64-26-37-18-19-38(27-64)67(37)39-29-75-30-39/h7-8,10-11,13-17,20,22-23,25,37-41,43-44,47,61,68H,18-19,21,24,26-30H2,1-6H3,(H,60,69)(H,62,73)(H,63,70)(H,71,72)/t37?,38?,40-,41-,43+,44+/m0/s1. The van der Waals surface area contributed by atoms with Crippen molar-refractivity contribution >= 4 is 29.8 Å². The van der Waals surface area contributed by atoms with Gasteiger partial charge in [0.1, 0.15) is 17.9 Å². The molecule has 3 aliphatic heterocycles. The number of benzene rings is 2. The maximum Gasteiger partial charge on any atom is 0.407 e. The highest BCUT2D eigenvalue weighted by Gasteiger charge is 2.56. The second-order valence-corrected chi connectivity index (χ2v) is 20.7. The van der Waals surface area contributed by atoms with Crippen molar-refractivity contribution in [3.63, 3.8) is 0 Å². The highest BCUT2D eigenvalue weighted by Crippen LogP contribution is 2.41. The molecule has 404 valence electrons. The van der Waals surface area contributed by atoms with Crippen LogP contribution in [-0.4, -0.2) is 147 Å². The van der Waals surface area contributed by atoms with Crippen LogP contribution in [0.5, 0.6) is 0 Å². The summed E-state index contributed by atoms with van der Waals surface area (Å²) in [6.07, 6.45) is -3.25. The van der Waals surface area contributed by atoms with Gasteiger partial charge in [-0.25, -0.2) is 24.3 Å². The summed E-state index contributed by atoms with van der Waals surface area (Å²) < 4.78 is 80.6. The number of hydrogen-bond acceptors (Lipinski definition) is 12. The lowest BCUT2D eigenvalue weighted by Gasteiger charge is -2.47. The number of ether oxygens (including phenoxy) is 2. The van der Waals surface area contributed by atoms with Crippen LogP contribution in [0, 0.1) is 22.7 Å². The molecule has 5 heterocycles. The van der Waals surface area contributed by atoms with Crippen molar-refractivity contribution in [3.8, 4) is 23.0 Å². The Hall–Kier alpha value is -6.87. The molecule has 3 saturated heterocycles. The number of alkyl carbamates (subject to hydrolysis) is 1. The first-order valence-corrected chi connectivity index (χ1v) is 24.4. The topological polar surface area (TPSA) is 216 Å². The van der Waals surface area contributed by atoms with Gasteiger partial charge in [0, 0.05) is 67.3 Å². The number of pyridine rings is 1. The van der Waals surface area contributed by atoms with Gasteiger partial charge >= 0.3 is 24.9 Å². The number of fused-ring (bicyclic) bond motifs is 2. The fourth-order valence-electron chi connectivity index (χ4n) is 9.49. The van der Waals surface area contributed by atoms with Crippen molar-refractivity contribution in [2.75, 3.05) is 44.9 Å². The zero-order valence-electron chi connectivity index (χ0n) is 42.4. The Bertz CT molecular complexity index is 2670. The number of hydrogen-bond donors (Lipinski definition) is 6. The van der Waals surface area contributed by atoms with E-state index < -0.39 is 78.3 Å². The molecule has 2 unspecified atom stereocenters. The number of amides is 4. The Balaban J connectivity index is 1.12. The number of aliphatic hydroxyl groups is 1. The van der Waals surface area contributed by atoms with Crippen molar-refractivity contribution in [1.82, 2.24) is 46.0 Å². The molecule has 18 nitrogen and oxygen atoms in total. The van der Waals surface area contributed by atoms with Crippen molar-refractivity contribution in [2.45, 2.75) is 116 Å². The smallest absolute Gasteiger partial charge is 0.407 e. The van der Waals surface area contributed by atoms with E-state index in [2.05, 4.69) is 47.5 Å². The van der Waals surface area contributed by atoms with E-state index in [9.17, 15) is 51.3 Å². The molecular formula is C52H63F5N10O8.